The lowest BCUT2D eigenvalue weighted by Gasteiger charge is -2.16. The van der Waals surface area contributed by atoms with E-state index in [4.69, 9.17) is 0 Å². The van der Waals surface area contributed by atoms with Gasteiger partial charge in [-0.1, -0.05) is 31.4 Å². The monoisotopic (exact) mass is 124 g/mol. The van der Waals surface area contributed by atoms with E-state index in [1.807, 2.05) is 0 Å². The Morgan fingerprint density at radius 2 is 1.67 bits per heavy atom. The van der Waals surface area contributed by atoms with Gasteiger partial charge in [-0.05, 0) is 0 Å². The average Bonchev–Trinajstić information content (AvgIpc) is 1.89. The molecule has 0 aromatic rings. The Morgan fingerprint density at radius 1 is 1.22 bits per heavy atom. The van der Waals surface area contributed by atoms with Crippen molar-refractivity contribution in [2.75, 3.05) is 0 Å². The summed E-state index contributed by atoms with van der Waals surface area (Å²) in [6, 6.07) is 0. The second-order valence-electron chi connectivity index (χ2n) is 1.89. The number of hydrogen-bond donors (Lipinski definition) is 1. The smallest absolute Gasteiger partial charge is 0.104 e. The third-order valence-corrected chi connectivity index (χ3v) is 1.18. The molecular formula is C8H12O. The Kier molecular flexibility index (Phi) is 2.96. The molecule has 1 N–H and O–H groups in total. The Morgan fingerprint density at radius 3 is 1.78 bits per heavy atom. The summed E-state index contributed by atoms with van der Waals surface area (Å²) in [7, 11) is 0. The van der Waals surface area contributed by atoms with Crippen molar-refractivity contribution < 1.29 is 5.11 Å². The van der Waals surface area contributed by atoms with E-state index < -0.39 is 5.60 Å². The van der Waals surface area contributed by atoms with Crippen LogP contribution in [-0.4, -0.2) is 10.7 Å². The molecule has 50 valence electrons. The normalized spacial score (nSPS) is 10.3. The molecule has 0 aromatic carbocycles. The number of aliphatic hydroxyl groups is 1. The van der Waals surface area contributed by atoms with Crippen LogP contribution in [0.5, 0.6) is 0 Å². The second kappa shape index (κ2) is 3.25. The van der Waals surface area contributed by atoms with E-state index in [-0.39, 0.29) is 0 Å². The highest BCUT2D eigenvalue weighted by Crippen LogP contribution is 2.12. The fourth-order valence-corrected chi connectivity index (χ4v) is 0.481. The minimum atomic E-state index is -0.957. The van der Waals surface area contributed by atoms with Crippen molar-refractivity contribution in [3.63, 3.8) is 0 Å². The molecule has 0 aliphatic rings. The highest BCUT2D eigenvalue weighted by atomic mass is 16.3. The van der Waals surface area contributed by atoms with Crippen LogP contribution in [0.4, 0.5) is 0 Å². The van der Waals surface area contributed by atoms with Crippen molar-refractivity contribution in [2.45, 2.75) is 12.0 Å². The summed E-state index contributed by atoms with van der Waals surface area (Å²) in [4.78, 5) is 0. The van der Waals surface area contributed by atoms with Gasteiger partial charge in [0, 0.05) is 6.42 Å². The molecular weight excluding hydrogens is 112 g/mol. The molecule has 0 unspecified atom stereocenters. The van der Waals surface area contributed by atoms with Crippen LogP contribution in [0.2, 0.25) is 0 Å². The predicted molar refractivity (Wildman–Crippen MR) is 40.2 cm³/mol. The zero-order chi connectivity index (χ0) is 7.33. The molecule has 0 amide bonds. The molecule has 0 heterocycles. The third-order valence-electron chi connectivity index (χ3n) is 1.18. The van der Waals surface area contributed by atoms with Gasteiger partial charge in [-0.3, -0.25) is 0 Å². The lowest BCUT2D eigenvalue weighted by molar-refractivity contribution is 0.147. The van der Waals surface area contributed by atoms with Crippen molar-refractivity contribution in [1.82, 2.24) is 0 Å². The Hall–Kier alpha value is -0.820. The predicted octanol–water partition coefficient (Wildman–Crippen LogP) is 1.67. The van der Waals surface area contributed by atoms with Crippen LogP contribution in [0.1, 0.15) is 6.42 Å². The topological polar surface area (TPSA) is 20.2 Å². The SMILES string of the molecule is C=CCC(O)(C=C)C=C. The first kappa shape index (κ1) is 8.18. The quantitative estimate of drug-likeness (QED) is 0.565. The van der Waals surface area contributed by atoms with Gasteiger partial charge >= 0.3 is 0 Å². The molecule has 0 radical (unpaired) electrons. The molecule has 0 rings (SSSR count). The van der Waals surface area contributed by atoms with Gasteiger partial charge in [0.15, 0.2) is 0 Å². The fraction of sp³-hybridized carbons (Fsp3) is 0.250. The Labute approximate surface area is 56.0 Å². The van der Waals surface area contributed by atoms with Crippen LogP contribution in [0.3, 0.4) is 0 Å². The molecule has 0 aliphatic heterocycles. The van der Waals surface area contributed by atoms with Crippen molar-refractivity contribution in [3.05, 3.63) is 38.0 Å². The first-order valence-corrected chi connectivity index (χ1v) is 2.79. The van der Waals surface area contributed by atoms with Crippen LogP contribution in [0, 0.1) is 0 Å². The summed E-state index contributed by atoms with van der Waals surface area (Å²) in [6.07, 6.45) is 4.99. The maximum absolute atomic E-state index is 9.32. The molecule has 0 atom stereocenters. The molecule has 0 fully saturated rings. The summed E-state index contributed by atoms with van der Waals surface area (Å²) in [6.45, 7) is 10.4. The summed E-state index contributed by atoms with van der Waals surface area (Å²) < 4.78 is 0. The van der Waals surface area contributed by atoms with Crippen molar-refractivity contribution >= 4 is 0 Å². The van der Waals surface area contributed by atoms with E-state index in [0.717, 1.165) is 0 Å². The van der Waals surface area contributed by atoms with E-state index >= 15 is 0 Å². The molecule has 0 bridgehead atoms. The van der Waals surface area contributed by atoms with E-state index in [0.29, 0.717) is 6.42 Å². The van der Waals surface area contributed by atoms with Crippen molar-refractivity contribution in [3.8, 4) is 0 Å². The number of rotatable bonds is 4. The molecule has 0 saturated carbocycles. The molecule has 0 saturated heterocycles. The lowest BCUT2D eigenvalue weighted by Crippen LogP contribution is -2.20. The van der Waals surface area contributed by atoms with Crippen LogP contribution in [0.25, 0.3) is 0 Å². The second-order valence-corrected chi connectivity index (χ2v) is 1.89. The van der Waals surface area contributed by atoms with E-state index in [9.17, 15) is 5.11 Å². The highest BCUT2D eigenvalue weighted by molar-refractivity contribution is 5.10. The minimum Gasteiger partial charge on any atom is -0.381 e. The van der Waals surface area contributed by atoms with Gasteiger partial charge < -0.3 is 5.11 Å². The van der Waals surface area contributed by atoms with E-state index in [1.165, 1.54) is 12.2 Å². The van der Waals surface area contributed by atoms with Gasteiger partial charge in [0.05, 0.1) is 0 Å². The van der Waals surface area contributed by atoms with E-state index in [2.05, 4.69) is 19.7 Å². The molecule has 1 heteroatoms. The molecule has 0 aromatic heterocycles. The largest absolute Gasteiger partial charge is 0.381 e. The summed E-state index contributed by atoms with van der Waals surface area (Å²) in [5, 5.41) is 9.32. The average molecular weight is 124 g/mol. The van der Waals surface area contributed by atoms with Gasteiger partial charge in [0.2, 0.25) is 0 Å². The summed E-state index contributed by atoms with van der Waals surface area (Å²) in [5.74, 6) is 0. The standard InChI is InChI=1S/C8H12O/c1-4-7-8(9,5-2)6-3/h4-6,9H,1-3,7H2. The maximum Gasteiger partial charge on any atom is 0.104 e. The summed E-state index contributed by atoms with van der Waals surface area (Å²) >= 11 is 0. The van der Waals surface area contributed by atoms with Crippen LogP contribution < -0.4 is 0 Å². The first-order chi connectivity index (χ1) is 4.18. The number of hydrogen-bond acceptors (Lipinski definition) is 1. The van der Waals surface area contributed by atoms with Gasteiger partial charge in [-0.2, -0.15) is 0 Å². The lowest BCUT2D eigenvalue weighted by atomic mass is 10.0. The molecule has 9 heavy (non-hydrogen) atoms. The van der Waals surface area contributed by atoms with Gasteiger partial charge in [-0.15, -0.1) is 6.58 Å². The molecule has 0 aliphatic carbocycles. The Bertz CT molecular complexity index is 117. The third kappa shape index (κ3) is 2.29. The van der Waals surface area contributed by atoms with Crippen LogP contribution in [0.15, 0.2) is 38.0 Å². The van der Waals surface area contributed by atoms with Crippen molar-refractivity contribution in [2.24, 2.45) is 0 Å². The first-order valence-electron chi connectivity index (χ1n) is 2.79. The zero-order valence-electron chi connectivity index (χ0n) is 5.51. The van der Waals surface area contributed by atoms with Crippen molar-refractivity contribution in [1.29, 1.82) is 0 Å². The zero-order valence-corrected chi connectivity index (χ0v) is 5.51. The van der Waals surface area contributed by atoms with E-state index in [1.54, 1.807) is 6.08 Å². The summed E-state index contributed by atoms with van der Waals surface area (Å²) in [5.41, 5.74) is -0.957. The van der Waals surface area contributed by atoms with Gasteiger partial charge in [0.1, 0.15) is 5.60 Å². The minimum absolute atomic E-state index is 0.472. The maximum atomic E-state index is 9.32. The fourth-order valence-electron chi connectivity index (χ4n) is 0.481. The highest BCUT2D eigenvalue weighted by Gasteiger charge is 2.14. The molecule has 0 spiro atoms. The van der Waals surface area contributed by atoms with Crippen LogP contribution in [-0.2, 0) is 0 Å². The van der Waals surface area contributed by atoms with Crippen LogP contribution >= 0.6 is 0 Å². The van der Waals surface area contributed by atoms with Gasteiger partial charge in [-0.25, -0.2) is 0 Å². The van der Waals surface area contributed by atoms with Gasteiger partial charge in [0.25, 0.3) is 0 Å². The molecule has 1 nitrogen and oxygen atoms in total. The Balaban J connectivity index is 4.06.